The number of benzene rings is 1. The van der Waals surface area contributed by atoms with Crippen LogP contribution in [0, 0.1) is 0 Å². The van der Waals surface area contributed by atoms with Crippen molar-refractivity contribution in [1.82, 2.24) is 20.0 Å². The maximum absolute atomic E-state index is 11.0. The van der Waals surface area contributed by atoms with Gasteiger partial charge in [0.15, 0.2) is 0 Å². The molecule has 2 N–H and O–H groups in total. The van der Waals surface area contributed by atoms with E-state index < -0.39 is 5.97 Å². The summed E-state index contributed by atoms with van der Waals surface area (Å²) in [6.45, 7) is 0. The second-order valence-corrected chi connectivity index (χ2v) is 3.98. The number of nitrogens with zero attached hydrogens (tertiary/aromatic N) is 3. The fourth-order valence-corrected chi connectivity index (χ4v) is 1.98. The molecule has 0 aliphatic rings. The van der Waals surface area contributed by atoms with Crippen LogP contribution in [0.5, 0.6) is 0 Å². The highest BCUT2D eigenvalue weighted by atomic mass is 16.4. The molecule has 2 heterocycles. The first-order chi connectivity index (χ1) is 8.66. The fraction of sp³-hybridized carbons (Fsp3) is 0.0833. The number of H-pyrrole nitrogens is 1. The molecule has 0 radical (unpaired) electrons. The van der Waals surface area contributed by atoms with Crippen LogP contribution < -0.4 is 0 Å². The van der Waals surface area contributed by atoms with Gasteiger partial charge in [-0.15, -0.1) is 0 Å². The van der Waals surface area contributed by atoms with Crippen molar-refractivity contribution in [3.05, 3.63) is 36.2 Å². The number of para-hydroxylation sites is 1. The summed E-state index contributed by atoms with van der Waals surface area (Å²) in [5.74, 6) is -0.993. The number of carboxylic acids is 1. The molecule has 6 heteroatoms. The van der Waals surface area contributed by atoms with Crippen molar-refractivity contribution >= 4 is 16.9 Å². The van der Waals surface area contributed by atoms with E-state index in [4.69, 9.17) is 5.11 Å². The first-order valence-corrected chi connectivity index (χ1v) is 5.36. The van der Waals surface area contributed by atoms with Crippen LogP contribution in [0.15, 0.2) is 30.5 Å². The number of hydrogen-bond acceptors (Lipinski definition) is 3. The molecule has 0 aliphatic heterocycles. The van der Waals surface area contributed by atoms with Gasteiger partial charge < -0.3 is 5.11 Å². The molecule has 18 heavy (non-hydrogen) atoms. The summed E-state index contributed by atoms with van der Waals surface area (Å²) < 4.78 is 1.35. The Morgan fingerprint density at radius 3 is 3.00 bits per heavy atom. The minimum atomic E-state index is -0.993. The monoisotopic (exact) mass is 242 g/mol. The second-order valence-electron chi connectivity index (χ2n) is 3.98. The SMILES string of the molecule is Cn1nc(-c2cccc3cn[nH]c23)cc1C(=O)O. The Labute approximate surface area is 102 Å². The normalized spacial score (nSPS) is 10.9. The molecule has 0 saturated carbocycles. The van der Waals surface area contributed by atoms with Gasteiger partial charge in [0.2, 0.25) is 0 Å². The predicted molar refractivity (Wildman–Crippen MR) is 65.3 cm³/mol. The van der Waals surface area contributed by atoms with Crippen LogP contribution in [0.3, 0.4) is 0 Å². The summed E-state index contributed by atoms with van der Waals surface area (Å²) >= 11 is 0. The lowest BCUT2D eigenvalue weighted by molar-refractivity contribution is 0.0685. The van der Waals surface area contributed by atoms with Crippen molar-refractivity contribution in [2.45, 2.75) is 0 Å². The van der Waals surface area contributed by atoms with E-state index in [9.17, 15) is 4.79 Å². The zero-order valence-electron chi connectivity index (χ0n) is 9.58. The van der Waals surface area contributed by atoms with Gasteiger partial charge in [-0.1, -0.05) is 18.2 Å². The highest BCUT2D eigenvalue weighted by Crippen LogP contribution is 2.26. The number of fused-ring (bicyclic) bond motifs is 1. The van der Waals surface area contributed by atoms with Gasteiger partial charge in [0.1, 0.15) is 5.69 Å². The third-order valence-electron chi connectivity index (χ3n) is 2.85. The quantitative estimate of drug-likeness (QED) is 0.715. The maximum atomic E-state index is 11.0. The first-order valence-electron chi connectivity index (χ1n) is 5.36. The number of carboxylic acid groups (broad SMARTS) is 1. The third kappa shape index (κ3) is 1.46. The number of carbonyl (C=O) groups is 1. The summed E-state index contributed by atoms with van der Waals surface area (Å²) in [6.07, 6.45) is 1.72. The van der Waals surface area contributed by atoms with Crippen LogP contribution in [-0.4, -0.2) is 31.1 Å². The number of aromatic nitrogens is 4. The van der Waals surface area contributed by atoms with E-state index in [0.29, 0.717) is 5.69 Å². The van der Waals surface area contributed by atoms with Crippen molar-refractivity contribution in [1.29, 1.82) is 0 Å². The van der Waals surface area contributed by atoms with Gasteiger partial charge >= 0.3 is 5.97 Å². The summed E-state index contributed by atoms with van der Waals surface area (Å²) in [7, 11) is 1.61. The van der Waals surface area contributed by atoms with E-state index >= 15 is 0 Å². The van der Waals surface area contributed by atoms with Gasteiger partial charge in [-0.05, 0) is 6.07 Å². The Kier molecular flexibility index (Phi) is 2.16. The van der Waals surface area contributed by atoms with E-state index in [1.165, 1.54) is 4.68 Å². The van der Waals surface area contributed by atoms with E-state index in [2.05, 4.69) is 15.3 Å². The molecule has 6 nitrogen and oxygen atoms in total. The van der Waals surface area contributed by atoms with Crippen LogP contribution in [0.1, 0.15) is 10.5 Å². The van der Waals surface area contributed by atoms with Gasteiger partial charge in [0.25, 0.3) is 0 Å². The Bertz CT molecular complexity index is 741. The highest BCUT2D eigenvalue weighted by Gasteiger charge is 2.14. The van der Waals surface area contributed by atoms with E-state index in [1.54, 1.807) is 19.3 Å². The molecule has 90 valence electrons. The number of hydrogen-bond donors (Lipinski definition) is 2. The number of aromatic carboxylic acids is 1. The fourth-order valence-electron chi connectivity index (χ4n) is 1.98. The molecule has 0 fully saturated rings. The van der Waals surface area contributed by atoms with E-state index in [1.807, 2.05) is 18.2 Å². The van der Waals surface area contributed by atoms with Crippen molar-refractivity contribution in [3.63, 3.8) is 0 Å². The smallest absolute Gasteiger partial charge is 0.354 e. The topological polar surface area (TPSA) is 83.8 Å². The minimum Gasteiger partial charge on any atom is -0.477 e. The van der Waals surface area contributed by atoms with Crippen LogP contribution >= 0.6 is 0 Å². The summed E-state index contributed by atoms with van der Waals surface area (Å²) in [5.41, 5.74) is 2.46. The molecule has 0 amide bonds. The standard InChI is InChI=1S/C12H10N4O2/c1-16-10(12(17)18)5-9(15-16)8-4-2-3-7-6-13-14-11(7)8/h2-6H,1H3,(H,13,14)(H,17,18). The van der Waals surface area contributed by atoms with Gasteiger partial charge in [-0.2, -0.15) is 10.2 Å². The number of nitrogens with one attached hydrogen (secondary N) is 1. The summed E-state index contributed by atoms with van der Waals surface area (Å²) in [6, 6.07) is 7.26. The lowest BCUT2D eigenvalue weighted by atomic mass is 10.1. The summed E-state index contributed by atoms with van der Waals surface area (Å²) in [4.78, 5) is 11.0. The number of aromatic amines is 1. The lowest BCUT2D eigenvalue weighted by Gasteiger charge is -1.97. The molecular weight excluding hydrogens is 232 g/mol. The van der Waals surface area contributed by atoms with E-state index in [0.717, 1.165) is 16.5 Å². The van der Waals surface area contributed by atoms with E-state index in [-0.39, 0.29) is 5.69 Å². The number of aryl methyl sites for hydroxylation is 1. The largest absolute Gasteiger partial charge is 0.477 e. The lowest BCUT2D eigenvalue weighted by Crippen LogP contribution is -2.04. The Morgan fingerprint density at radius 2 is 2.28 bits per heavy atom. The molecule has 0 spiro atoms. The zero-order valence-corrected chi connectivity index (χ0v) is 9.58. The van der Waals surface area contributed by atoms with Crippen molar-refractivity contribution < 1.29 is 9.90 Å². The Hall–Kier alpha value is -2.63. The molecule has 1 aromatic carbocycles. The molecule has 3 rings (SSSR count). The first kappa shape index (κ1) is 10.5. The molecule has 0 unspecified atom stereocenters. The van der Waals surface area contributed by atoms with Gasteiger partial charge in [0.05, 0.1) is 17.4 Å². The number of rotatable bonds is 2. The van der Waals surface area contributed by atoms with Crippen LogP contribution in [0.25, 0.3) is 22.2 Å². The molecule has 0 aliphatic carbocycles. The van der Waals surface area contributed by atoms with Gasteiger partial charge in [0, 0.05) is 18.0 Å². The molecule has 0 atom stereocenters. The molecule has 2 aromatic heterocycles. The molecule has 3 aromatic rings. The van der Waals surface area contributed by atoms with Crippen LogP contribution in [0.2, 0.25) is 0 Å². The van der Waals surface area contributed by atoms with Crippen molar-refractivity contribution in [3.8, 4) is 11.3 Å². The maximum Gasteiger partial charge on any atom is 0.354 e. The average Bonchev–Trinajstić information content (AvgIpc) is 2.94. The summed E-state index contributed by atoms with van der Waals surface area (Å²) in [5, 5.41) is 21.1. The minimum absolute atomic E-state index is 0.154. The van der Waals surface area contributed by atoms with Gasteiger partial charge in [-0.3, -0.25) is 9.78 Å². The van der Waals surface area contributed by atoms with Crippen molar-refractivity contribution in [2.24, 2.45) is 7.05 Å². The second kappa shape index (κ2) is 3.69. The highest BCUT2D eigenvalue weighted by molar-refractivity contribution is 5.94. The van der Waals surface area contributed by atoms with Gasteiger partial charge in [-0.25, -0.2) is 4.79 Å². The predicted octanol–water partition coefficient (Wildman–Crippen LogP) is 1.66. The third-order valence-corrected chi connectivity index (χ3v) is 2.85. The Balaban J connectivity index is 2.23. The Morgan fingerprint density at radius 1 is 1.44 bits per heavy atom. The van der Waals surface area contributed by atoms with Crippen LogP contribution in [-0.2, 0) is 7.05 Å². The average molecular weight is 242 g/mol. The molecule has 0 saturated heterocycles. The zero-order chi connectivity index (χ0) is 12.7. The van der Waals surface area contributed by atoms with Crippen LogP contribution in [0.4, 0.5) is 0 Å². The molecule has 0 bridgehead atoms. The van der Waals surface area contributed by atoms with Crippen molar-refractivity contribution in [2.75, 3.05) is 0 Å². The molecular formula is C12H10N4O2.